The molecule has 220 valence electrons. The summed E-state index contributed by atoms with van der Waals surface area (Å²) in [6.45, 7) is 6.97. The summed E-state index contributed by atoms with van der Waals surface area (Å²) in [6, 6.07) is 15.3. The minimum atomic E-state index is -1.27. The van der Waals surface area contributed by atoms with Crippen LogP contribution in [-0.2, 0) is 14.3 Å². The lowest BCUT2D eigenvalue weighted by Gasteiger charge is -2.23. The Kier molecular flexibility index (Phi) is 8.89. The van der Waals surface area contributed by atoms with E-state index in [1.807, 2.05) is 0 Å². The molecule has 9 nitrogen and oxygen atoms in total. The molecular formula is C31H32F2N4O5. The SMILES string of the molecule is CC(C(=O)Nc1ccc(C(=O)Nc2cc(-c3ccc(F)cc3)ccc2N(F)C(=O)OC(C)(C)C)cc1)N1CCCC1=O. The number of nitrogens with one attached hydrogen (secondary N) is 2. The summed E-state index contributed by atoms with van der Waals surface area (Å²) in [6.07, 6.45) is -0.127. The number of carbonyl (C=O) groups excluding carboxylic acids is 4. The van der Waals surface area contributed by atoms with Gasteiger partial charge >= 0.3 is 6.09 Å². The maximum absolute atomic E-state index is 15.2. The van der Waals surface area contributed by atoms with Gasteiger partial charge in [0.15, 0.2) is 0 Å². The second-order valence-corrected chi connectivity index (χ2v) is 10.9. The average molecular weight is 579 g/mol. The van der Waals surface area contributed by atoms with Crippen molar-refractivity contribution in [3.63, 3.8) is 0 Å². The van der Waals surface area contributed by atoms with Crippen molar-refractivity contribution in [3.05, 3.63) is 78.1 Å². The number of rotatable bonds is 7. The van der Waals surface area contributed by atoms with Gasteiger partial charge in [-0.25, -0.2) is 9.18 Å². The Labute approximate surface area is 242 Å². The third-order valence-corrected chi connectivity index (χ3v) is 6.56. The van der Waals surface area contributed by atoms with E-state index in [0.717, 1.165) is 0 Å². The van der Waals surface area contributed by atoms with Crippen molar-refractivity contribution in [3.8, 4) is 11.1 Å². The molecule has 4 amide bonds. The molecule has 1 aliphatic rings. The zero-order valence-electron chi connectivity index (χ0n) is 23.7. The normalized spacial score (nSPS) is 13.9. The molecule has 1 fully saturated rings. The standard InChI is InChI=1S/C31H32F2N4O5/c1-19(36-17-5-6-27(36)38)28(39)34-24-14-9-21(10-15-24)29(40)35-25-18-22(20-7-12-23(32)13-8-20)11-16-26(25)37(33)30(41)42-31(2,3)4/h7-16,18-19H,5-6,17H2,1-4H3,(H,34,39)(H,35,40). The lowest BCUT2D eigenvalue weighted by atomic mass is 10.0. The van der Waals surface area contributed by atoms with Crippen molar-refractivity contribution < 1.29 is 32.8 Å². The summed E-state index contributed by atoms with van der Waals surface area (Å²) in [5, 5.41) is 5.18. The third-order valence-electron chi connectivity index (χ3n) is 6.56. The Morgan fingerprint density at radius 2 is 1.60 bits per heavy atom. The van der Waals surface area contributed by atoms with E-state index in [0.29, 0.717) is 36.2 Å². The fourth-order valence-corrected chi connectivity index (χ4v) is 4.40. The average Bonchev–Trinajstić information content (AvgIpc) is 3.37. The Morgan fingerprint density at radius 3 is 2.19 bits per heavy atom. The van der Waals surface area contributed by atoms with Crippen LogP contribution in [0.15, 0.2) is 66.7 Å². The third kappa shape index (κ3) is 7.28. The van der Waals surface area contributed by atoms with Gasteiger partial charge in [0.05, 0.1) is 5.69 Å². The highest BCUT2D eigenvalue weighted by atomic mass is 19.2. The quantitative estimate of drug-likeness (QED) is 0.319. The van der Waals surface area contributed by atoms with Crippen molar-refractivity contribution in [1.82, 2.24) is 4.90 Å². The molecule has 0 radical (unpaired) electrons. The first kappa shape index (κ1) is 30.2. The van der Waals surface area contributed by atoms with Gasteiger partial charge in [0.2, 0.25) is 11.8 Å². The Hall–Kier alpha value is -4.80. The molecule has 1 heterocycles. The molecule has 1 aliphatic heterocycles. The molecule has 1 atom stereocenters. The van der Waals surface area contributed by atoms with Crippen LogP contribution in [0.3, 0.4) is 0 Å². The molecule has 2 N–H and O–H groups in total. The van der Waals surface area contributed by atoms with E-state index in [9.17, 15) is 23.6 Å². The first-order valence-electron chi connectivity index (χ1n) is 13.4. The Bertz CT molecular complexity index is 1490. The second-order valence-electron chi connectivity index (χ2n) is 10.9. The molecule has 4 rings (SSSR count). The van der Waals surface area contributed by atoms with Crippen LogP contribution in [0.4, 0.5) is 30.7 Å². The Balaban J connectivity index is 1.54. The smallest absolute Gasteiger partial charge is 0.442 e. The van der Waals surface area contributed by atoms with Gasteiger partial charge in [-0.2, -0.15) is 0 Å². The van der Waals surface area contributed by atoms with Crippen LogP contribution in [-0.4, -0.2) is 46.9 Å². The molecule has 3 aromatic rings. The number of carbonyl (C=O) groups is 4. The number of halogens is 2. The van der Waals surface area contributed by atoms with Crippen LogP contribution >= 0.6 is 0 Å². The lowest BCUT2D eigenvalue weighted by molar-refractivity contribution is -0.134. The summed E-state index contributed by atoms with van der Waals surface area (Å²) in [7, 11) is 0. The van der Waals surface area contributed by atoms with Crippen LogP contribution in [0.25, 0.3) is 11.1 Å². The van der Waals surface area contributed by atoms with E-state index in [2.05, 4.69) is 10.6 Å². The molecule has 0 bridgehead atoms. The van der Waals surface area contributed by atoms with E-state index >= 15 is 4.48 Å². The maximum Gasteiger partial charge on any atom is 0.443 e. The highest BCUT2D eigenvalue weighted by Gasteiger charge is 2.30. The summed E-state index contributed by atoms with van der Waals surface area (Å²) >= 11 is 0. The number of ether oxygens (including phenoxy) is 1. The molecular weight excluding hydrogens is 546 g/mol. The van der Waals surface area contributed by atoms with Crippen LogP contribution in [0.2, 0.25) is 0 Å². The molecule has 11 heteroatoms. The van der Waals surface area contributed by atoms with Crippen molar-refractivity contribution in [2.45, 2.75) is 52.2 Å². The van der Waals surface area contributed by atoms with Gasteiger partial charge in [-0.15, -0.1) is 5.12 Å². The maximum atomic E-state index is 15.2. The van der Waals surface area contributed by atoms with E-state index < -0.39 is 29.5 Å². The number of benzene rings is 3. The first-order valence-corrected chi connectivity index (χ1v) is 13.4. The zero-order valence-corrected chi connectivity index (χ0v) is 23.7. The number of amides is 4. The fraction of sp³-hybridized carbons (Fsp3) is 0.290. The molecule has 42 heavy (non-hydrogen) atoms. The largest absolute Gasteiger partial charge is 0.443 e. The minimum Gasteiger partial charge on any atom is -0.442 e. The lowest BCUT2D eigenvalue weighted by Crippen LogP contribution is -2.42. The van der Waals surface area contributed by atoms with Gasteiger partial charge in [0.1, 0.15) is 23.1 Å². The zero-order chi connectivity index (χ0) is 30.6. The van der Waals surface area contributed by atoms with Crippen molar-refractivity contribution in [2.24, 2.45) is 0 Å². The summed E-state index contributed by atoms with van der Waals surface area (Å²) in [4.78, 5) is 51.8. The van der Waals surface area contributed by atoms with Gasteiger partial charge in [0, 0.05) is 24.2 Å². The fourth-order valence-electron chi connectivity index (χ4n) is 4.40. The second kappa shape index (κ2) is 12.4. The van der Waals surface area contributed by atoms with Gasteiger partial charge < -0.3 is 20.3 Å². The molecule has 0 saturated carbocycles. The van der Waals surface area contributed by atoms with Crippen LogP contribution in [0, 0.1) is 5.82 Å². The highest BCUT2D eigenvalue weighted by molar-refractivity contribution is 6.08. The predicted molar refractivity (Wildman–Crippen MR) is 155 cm³/mol. The number of hydrogen-bond donors (Lipinski definition) is 2. The summed E-state index contributed by atoms with van der Waals surface area (Å²) in [5.41, 5.74) is 0.499. The van der Waals surface area contributed by atoms with E-state index in [4.69, 9.17) is 4.74 Å². The number of hydrogen-bond acceptors (Lipinski definition) is 5. The molecule has 1 unspecified atom stereocenters. The monoisotopic (exact) mass is 578 g/mol. The van der Waals surface area contributed by atoms with Crippen LogP contribution in [0.5, 0.6) is 0 Å². The number of likely N-dealkylation sites (tertiary alicyclic amines) is 1. The van der Waals surface area contributed by atoms with Gasteiger partial charge in [-0.05, 0) is 93.8 Å². The molecule has 1 saturated heterocycles. The molecule has 0 aromatic heterocycles. The van der Waals surface area contributed by atoms with Crippen molar-refractivity contribution in [1.29, 1.82) is 0 Å². The van der Waals surface area contributed by atoms with E-state index in [-0.39, 0.29) is 33.9 Å². The molecule has 0 spiro atoms. The number of nitrogens with zero attached hydrogens (tertiary/aromatic N) is 2. The van der Waals surface area contributed by atoms with Gasteiger partial charge in [-0.3, -0.25) is 14.4 Å². The first-order chi connectivity index (χ1) is 19.8. The van der Waals surface area contributed by atoms with Crippen LogP contribution in [0.1, 0.15) is 50.9 Å². The molecule has 0 aliphatic carbocycles. The van der Waals surface area contributed by atoms with Crippen LogP contribution < -0.4 is 15.8 Å². The Morgan fingerprint density at radius 1 is 0.952 bits per heavy atom. The highest BCUT2D eigenvalue weighted by Crippen LogP contribution is 2.33. The van der Waals surface area contributed by atoms with Crippen molar-refractivity contribution in [2.75, 3.05) is 22.3 Å². The van der Waals surface area contributed by atoms with Gasteiger partial charge in [-0.1, -0.05) is 22.7 Å². The number of anilines is 3. The molecule has 3 aromatic carbocycles. The van der Waals surface area contributed by atoms with E-state index in [1.54, 1.807) is 27.7 Å². The van der Waals surface area contributed by atoms with E-state index in [1.165, 1.54) is 71.6 Å². The van der Waals surface area contributed by atoms with Gasteiger partial charge in [0.25, 0.3) is 5.91 Å². The summed E-state index contributed by atoms with van der Waals surface area (Å²) in [5.74, 6) is -1.46. The topological polar surface area (TPSA) is 108 Å². The minimum absolute atomic E-state index is 0.0309. The summed E-state index contributed by atoms with van der Waals surface area (Å²) < 4.78 is 33.8. The predicted octanol–water partition coefficient (Wildman–Crippen LogP) is 6.32. The van der Waals surface area contributed by atoms with Crippen molar-refractivity contribution >= 4 is 40.9 Å².